The predicted octanol–water partition coefficient (Wildman–Crippen LogP) is 5.49. The fourth-order valence-electron chi connectivity index (χ4n) is 2.86. The average Bonchev–Trinajstić information content (AvgIpc) is 3.20. The number of aromatic nitrogens is 2. The molecule has 4 nitrogen and oxygen atoms in total. The van der Waals surface area contributed by atoms with Gasteiger partial charge < -0.3 is 5.32 Å². The Morgan fingerprint density at radius 3 is 2.69 bits per heavy atom. The van der Waals surface area contributed by atoms with Crippen molar-refractivity contribution in [3.8, 4) is 5.69 Å². The Hall–Kier alpha value is -1.95. The first-order valence-electron chi connectivity index (χ1n) is 8.05. The molecule has 7 heteroatoms. The molecule has 1 aliphatic rings. The van der Waals surface area contributed by atoms with Crippen molar-refractivity contribution in [1.29, 1.82) is 0 Å². The highest BCUT2D eigenvalue weighted by Gasteiger charge is 2.25. The van der Waals surface area contributed by atoms with E-state index in [0.29, 0.717) is 21.4 Å². The molecular formula is C19H15Cl2N3OS. The molecule has 132 valence electrons. The third kappa shape index (κ3) is 3.22. The third-order valence-corrected chi connectivity index (χ3v) is 5.77. The van der Waals surface area contributed by atoms with Crippen LogP contribution in [0.1, 0.15) is 27.2 Å². The molecule has 0 unspecified atom stereocenters. The van der Waals surface area contributed by atoms with E-state index in [1.807, 2.05) is 31.2 Å². The van der Waals surface area contributed by atoms with Gasteiger partial charge in [0.1, 0.15) is 5.82 Å². The maximum absolute atomic E-state index is 12.8. The van der Waals surface area contributed by atoms with Crippen LogP contribution in [0.15, 0.2) is 42.5 Å². The molecule has 0 spiro atoms. The molecule has 0 fully saturated rings. The normalized spacial score (nSPS) is 12.9. The van der Waals surface area contributed by atoms with Crippen LogP contribution in [0.3, 0.4) is 0 Å². The van der Waals surface area contributed by atoms with E-state index < -0.39 is 0 Å². The summed E-state index contributed by atoms with van der Waals surface area (Å²) in [5, 5.41) is 8.52. The molecule has 0 saturated heterocycles. The second-order valence-electron chi connectivity index (χ2n) is 6.09. The van der Waals surface area contributed by atoms with Gasteiger partial charge in [-0.2, -0.15) is 16.9 Å². The van der Waals surface area contributed by atoms with E-state index in [0.717, 1.165) is 28.5 Å². The highest BCUT2D eigenvalue weighted by molar-refractivity contribution is 7.98. The van der Waals surface area contributed by atoms with Gasteiger partial charge in [-0.3, -0.25) is 4.79 Å². The molecule has 1 aliphatic heterocycles. The zero-order valence-corrected chi connectivity index (χ0v) is 16.3. The number of carbonyl (C=O) groups excluding carboxylic acids is 1. The summed E-state index contributed by atoms with van der Waals surface area (Å²) in [6, 6.07) is 12.9. The number of carbonyl (C=O) groups is 1. The van der Waals surface area contributed by atoms with Crippen LogP contribution < -0.4 is 5.32 Å². The summed E-state index contributed by atoms with van der Waals surface area (Å²) in [4.78, 5) is 12.8. The molecule has 26 heavy (non-hydrogen) atoms. The van der Waals surface area contributed by atoms with Gasteiger partial charge in [-0.25, -0.2) is 4.68 Å². The number of anilines is 1. The largest absolute Gasteiger partial charge is 0.306 e. The Balaban J connectivity index is 1.75. The Bertz CT molecular complexity index is 999. The second-order valence-corrected chi connectivity index (χ2v) is 7.92. The van der Waals surface area contributed by atoms with E-state index in [-0.39, 0.29) is 5.91 Å². The molecule has 1 aromatic heterocycles. The zero-order valence-electron chi connectivity index (χ0n) is 13.9. The number of thioether (sulfide) groups is 1. The van der Waals surface area contributed by atoms with Crippen molar-refractivity contribution in [1.82, 2.24) is 9.78 Å². The number of amides is 1. The van der Waals surface area contributed by atoms with E-state index in [2.05, 4.69) is 5.32 Å². The van der Waals surface area contributed by atoms with E-state index in [9.17, 15) is 4.79 Å². The monoisotopic (exact) mass is 403 g/mol. The lowest BCUT2D eigenvalue weighted by Crippen LogP contribution is -2.16. The maximum atomic E-state index is 12.8. The lowest BCUT2D eigenvalue weighted by atomic mass is 10.2. The molecule has 0 saturated carbocycles. The Kier molecular flexibility index (Phi) is 4.69. The van der Waals surface area contributed by atoms with Gasteiger partial charge in [0.05, 0.1) is 22.0 Å². The number of aryl methyl sites for hydroxylation is 1. The SMILES string of the molecule is Cc1ccc(-n2nc3c(c2NC(=O)c2cc(Cl)ccc2Cl)CSC3)cc1. The van der Waals surface area contributed by atoms with Crippen molar-refractivity contribution in [3.63, 3.8) is 0 Å². The van der Waals surface area contributed by atoms with Crippen LogP contribution >= 0.6 is 35.0 Å². The van der Waals surface area contributed by atoms with Gasteiger partial charge in [-0.1, -0.05) is 40.9 Å². The molecular weight excluding hydrogens is 389 g/mol. The Morgan fingerprint density at radius 1 is 1.15 bits per heavy atom. The average molecular weight is 404 g/mol. The van der Waals surface area contributed by atoms with Gasteiger partial charge in [0, 0.05) is 22.1 Å². The van der Waals surface area contributed by atoms with E-state index in [4.69, 9.17) is 28.3 Å². The van der Waals surface area contributed by atoms with Crippen molar-refractivity contribution in [2.24, 2.45) is 0 Å². The van der Waals surface area contributed by atoms with Crippen molar-refractivity contribution < 1.29 is 4.79 Å². The van der Waals surface area contributed by atoms with Crippen molar-refractivity contribution in [2.45, 2.75) is 18.4 Å². The number of hydrogen-bond donors (Lipinski definition) is 1. The maximum Gasteiger partial charge on any atom is 0.258 e. The topological polar surface area (TPSA) is 46.9 Å². The first-order chi connectivity index (χ1) is 12.5. The molecule has 2 heterocycles. The van der Waals surface area contributed by atoms with Gasteiger partial charge in [-0.15, -0.1) is 0 Å². The van der Waals surface area contributed by atoms with Gasteiger partial charge in [0.2, 0.25) is 0 Å². The van der Waals surface area contributed by atoms with Gasteiger partial charge in [0.25, 0.3) is 5.91 Å². The van der Waals surface area contributed by atoms with Crippen LogP contribution in [0, 0.1) is 6.92 Å². The fourth-order valence-corrected chi connectivity index (χ4v) is 4.27. The van der Waals surface area contributed by atoms with Crippen LogP contribution in [-0.2, 0) is 11.5 Å². The number of hydrogen-bond acceptors (Lipinski definition) is 3. The van der Waals surface area contributed by atoms with Crippen LogP contribution in [0.5, 0.6) is 0 Å². The summed E-state index contributed by atoms with van der Waals surface area (Å²) < 4.78 is 1.79. The minimum absolute atomic E-state index is 0.300. The molecule has 0 aliphatic carbocycles. The summed E-state index contributed by atoms with van der Waals surface area (Å²) >= 11 is 14.0. The highest BCUT2D eigenvalue weighted by atomic mass is 35.5. The van der Waals surface area contributed by atoms with Crippen molar-refractivity contribution in [3.05, 3.63) is 74.9 Å². The van der Waals surface area contributed by atoms with E-state index in [1.54, 1.807) is 34.6 Å². The molecule has 2 aromatic carbocycles. The molecule has 0 bridgehead atoms. The van der Waals surface area contributed by atoms with Crippen LogP contribution in [-0.4, -0.2) is 15.7 Å². The van der Waals surface area contributed by atoms with Crippen LogP contribution in [0.25, 0.3) is 5.69 Å². The Labute approximate surface area is 165 Å². The van der Waals surface area contributed by atoms with E-state index >= 15 is 0 Å². The number of nitrogens with zero attached hydrogens (tertiary/aromatic N) is 2. The number of fused-ring (bicyclic) bond motifs is 1. The molecule has 3 aromatic rings. The first-order valence-corrected chi connectivity index (χ1v) is 9.96. The summed E-state index contributed by atoms with van der Waals surface area (Å²) in [6.07, 6.45) is 0. The standard InChI is InChI=1S/C19H15Cl2N3OS/c1-11-2-5-13(6-3-11)24-18(15-9-26-10-17(15)23-24)22-19(25)14-8-12(20)4-7-16(14)21/h2-8H,9-10H2,1H3,(H,22,25). The zero-order chi connectivity index (χ0) is 18.3. The minimum Gasteiger partial charge on any atom is -0.306 e. The number of rotatable bonds is 3. The highest BCUT2D eigenvalue weighted by Crippen LogP contribution is 2.36. The summed E-state index contributed by atoms with van der Waals surface area (Å²) in [7, 11) is 0. The van der Waals surface area contributed by atoms with Crippen LogP contribution in [0.2, 0.25) is 10.0 Å². The molecule has 0 atom stereocenters. The fraction of sp³-hybridized carbons (Fsp3) is 0.158. The molecule has 1 N–H and O–H groups in total. The number of nitrogens with one attached hydrogen (secondary N) is 1. The summed E-state index contributed by atoms with van der Waals surface area (Å²) in [5.41, 5.74) is 4.48. The predicted molar refractivity (Wildman–Crippen MR) is 108 cm³/mol. The Morgan fingerprint density at radius 2 is 1.92 bits per heavy atom. The third-order valence-electron chi connectivity index (χ3n) is 4.24. The van der Waals surface area contributed by atoms with E-state index in [1.165, 1.54) is 5.56 Å². The summed E-state index contributed by atoms with van der Waals surface area (Å²) in [6.45, 7) is 2.04. The number of benzene rings is 2. The van der Waals surface area contributed by atoms with Gasteiger partial charge >= 0.3 is 0 Å². The van der Waals surface area contributed by atoms with Crippen molar-refractivity contribution >= 4 is 46.7 Å². The smallest absolute Gasteiger partial charge is 0.258 e. The molecule has 1 amide bonds. The number of halogens is 2. The van der Waals surface area contributed by atoms with Gasteiger partial charge in [0.15, 0.2) is 0 Å². The lowest BCUT2D eigenvalue weighted by molar-refractivity contribution is 0.102. The first kappa shape index (κ1) is 17.5. The van der Waals surface area contributed by atoms with Crippen LogP contribution in [0.4, 0.5) is 5.82 Å². The summed E-state index contributed by atoms with van der Waals surface area (Å²) in [5.74, 6) is 2.05. The quantitative estimate of drug-likeness (QED) is 0.628. The lowest BCUT2D eigenvalue weighted by Gasteiger charge is -2.12. The van der Waals surface area contributed by atoms with Gasteiger partial charge in [-0.05, 0) is 37.3 Å². The minimum atomic E-state index is -0.300. The molecule has 0 radical (unpaired) electrons. The molecule has 4 rings (SSSR count). The van der Waals surface area contributed by atoms with Crippen molar-refractivity contribution in [2.75, 3.05) is 5.32 Å². The second kappa shape index (κ2) is 6.99.